The lowest BCUT2D eigenvalue weighted by Gasteiger charge is -2.32. The van der Waals surface area contributed by atoms with Crippen LogP contribution in [0.2, 0.25) is 0 Å². The molecule has 1 fully saturated rings. The summed E-state index contributed by atoms with van der Waals surface area (Å²) in [4.78, 5) is 12.0. The first-order valence-electron chi connectivity index (χ1n) is 13.7. The Balaban J connectivity index is 1.30. The first kappa shape index (κ1) is 28.8. The first-order chi connectivity index (χ1) is 18.9. The van der Waals surface area contributed by atoms with Crippen molar-refractivity contribution in [1.29, 1.82) is 0 Å². The zero-order valence-electron chi connectivity index (χ0n) is 23.5. The number of ether oxygens (including phenoxy) is 2. The minimum atomic E-state index is -0.355. The number of halogens is 1. The van der Waals surface area contributed by atoms with Crippen LogP contribution in [0.3, 0.4) is 0 Å². The normalized spacial score (nSPS) is 15.4. The van der Waals surface area contributed by atoms with Gasteiger partial charge in [-0.3, -0.25) is 0 Å². The van der Waals surface area contributed by atoms with Crippen molar-refractivity contribution in [2.24, 2.45) is 4.99 Å². The third kappa shape index (κ3) is 8.39. The number of piperidine rings is 1. The maximum absolute atomic E-state index is 13.4. The van der Waals surface area contributed by atoms with E-state index >= 15 is 0 Å². The van der Waals surface area contributed by atoms with Crippen molar-refractivity contribution >= 4 is 22.9 Å². The predicted molar refractivity (Wildman–Crippen MR) is 155 cm³/mol. The van der Waals surface area contributed by atoms with Crippen LogP contribution in [0.4, 0.5) is 10.3 Å². The zero-order chi connectivity index (χ0) is 27.6. The molecule has 0 spiro atoms. The standard InChI is InChI=1S/C29H42FN7O2/c1-21(2)33-28(32-19-27(38-3)39-4)31-15-18-36-16-13-24(14-17-36)34-29-35-25-7-5-6-8-26(25)37(29)20-22-9-11-23(30)12-10-22/h5-12,21,24,27H,13-20H2,1-4H3,(H,34,35)(H2,31,32,33). The molecule has 1 saturated heterocycles. The fraction of sp³-hybridized carbons (Fsp3) is 0.517. The Labute approximate surface area is 230 Å². The summed E-state index contributed by atoms with van der Waals surface area (Å²) in [5.74, 6) is 1.41. The van der Waals surface area contributed by atoms with E-state index in [1.165, 1.54) is 12.1 Å². The third-order valence-electron chi connectivity index (χ3n) is 6.90. The van der Waals surface area contributed by atoms with Crippen LogP contribution in [0.1, 0.15) is 32.3 Å². The van der Waals surface area contributed by atoms with Crippen LogP contribution in [0, 0.1) is 5.82 Å². The van der Waals surface area contributed by atoms with Gasteiger partial charge in [-0.25, -0.2) is 14.4 Å². The molecule has 3 aromatic rings. The molecule has 1 aliphatic heterocycles. The van der Waals surface area contributed by atoms with Crippen LogP contribution < -0.4 is 16.0 Å². The molecule has 0 saturated carbocycles. The molecule has 4 rings (SSSR count). The van der Waals surface area contributed by atoms with Gasteiger partial charge in [0.15, 0.2) is 12.2 Å². The van der Waals surface area contributed by atoms with Gasteiger partial charge in [-0.15, -0.1) is 0 Å². The monoisotopic (exact) mass is 539 g/mol. The van der Waals surface area contributed by atoms with Gasteiger partial charge in [0.1, 0.15) is 5.82 Å². The molecule has 0 atom stereocenters. The van der Waals surface area contributed by atoms with E-state index in [1.807, 2.05) is 30.3 Å². The molecule has 10 heteroatoms. The molecule has 0 aliphatic carbocycles. The average Bonchev–Trinajstić information content (AvgIpc) is 3.27. The number of para-hydroxylation sites is 2. The summed E-state index contributed by atoms with van der Waals surface area (Å²) >= 11 is 0. The van der Waals surface area contributed by atoms with E-state index in [2.05, 4.69) is 50.3 Å². The second kappa shape index (κ2) is 14.3. The number of methoxy groups -OCH3 is 2. The highest BCUT2D eigenvalue weighted by Crippen LogP contribution is 2.24. The van der Waals surface area contributed by atoms with Crippen LogP contribution in [-0.2, 0) is 16.0 Å². The number of benzene rings is 2. The van der Waals surface area contributed by atoms with Gasteiger partial charge < -0.3 is 34.9 Å². The summed E-state index contributed by atoms with van der Waals surface area (Å²) in [6, 6.07) is 15.5. The Hall–Kier alpha value is -3.21. The number of likely N-dealkylation sites (tertiary alicyclic amines) is 1. The van der Waals surface area contributed by atoms with Crippen molar-refractivity contribution in [3.05, 3.63) is 59.9 Å². The lowest BCUT2D eigenvalue weighted by atomic mass is 10.1. The van der Waals surface area contributed by atoms with Crippen molar-refractivity contribution in [3.63, 3.8) is 0 Å². The molecule has 1 aliphatic rings. The average molecular weight is 540 g/mol. The van der Waals surface area contributed by atoms with Crippen LogP contribution in [0.25, 0.3) is 11.0 Å². The van der Waals surface area contributed by atoms with E-state index in [1.54, 1.807) is 14.2 Å². The smallest absolute Gasteiger partial charge is 0.204 e. The Morgan fingerprint density at radius 2 is 1.79 bits per heavy atom. The number of hydrogen-bond acceptors (Lipinski definition) is 6. The first-order valence-corrected chi connectivity index (χ1v) is 13.7. The molecular formula is C29H42FN7O2. The van der Waals surface area contributed by atoms with Crippen molar-refractivity contribution in [1.82, 2.24) is 25.1 Å². The lowest BCUT2D eigenvalue weighted by molar-refractivity contribution is -0.0937. The van der Waals surface area contributed by atoms with Crippen molar-refractivity contribution in [3.8, 4) is 0 Å². The molecule has 9 nitrogen and oxygen atoms in total. The molecule has 0 radical (unpaired) electrons. The number of nitrogens with zero attached hydrogens (tertiary/aromatic N) is 4. The maximum Gasteiger partial charge on any atom is 0.204 e. The van der Waals surface area contributed by atoms with Crippen LogP contribution in [0.15, 0.2) is 53.5 Å². The van der Waals surface area contributed by atoms with Gasteiger partial charge in [-0.05, 0) is 56.5 Å². The van der Waals surface area contributed by atoms with Gasteiger partial charge in [0.05, 0.1) is 24.1 Å². The van der Waals surface area contributed by atoms with E-state index in [9.17, 15) is 4.39 Å². The molecule has 3 N–H and O–H groups in total. The molecule has 1 aromatic heterocycles. The summed E-state index contributed by atoms with van der Waals surface area (Å²) in [6.07, 6.45) is 1.72. The number of fused-ring (bicyclic) bond motifs is 1. The number of aromatic nitrogens is 2. The maximum atomic E-state index is 13.4. The fourth-order valence-corrected chi connectivity index (χ4v) is 4.77. The summed E-state index contributed by atoms with van der Waals surface area (Å²) in [5.41, 5.74) is 3.07. The van der Waals surface area contributed by atoms with Gasteiger partial charge in [-0.2, -0.15) is 0 Å². The molecular weight excluding hydrogens is 497 g/mol. The van der Waals surface area contributed by atoms with E-state index < -0.39 is 0 Å². The topological polar surface area (TPSA) is 88.0 Å². The van der Waals surface area contributed by atoms with Gasteiger partial charge in [0.25, 0.3) is 0 Å². The van der Waals surface area contributed by atoms with Crippen LogP contribution >= 0.6 is 0 Å². The minimum Gasteiger partial charge on any atom is -0.355 e. The second-order valence-electron chi connectivity index (χ2n) is 10.2. The highest BCUT2D eigenvalue weighted by atomic mass is 19.1. The van der Waals surface area contributed by atoms with E-state index in [-0.39, 0.29) is 18.1 Å². The Morgan fingerprint density at radius 3 is 2.49 bits per heavy atom. The predicted octanol–water partition coefficient (Wildman–Crippen LogP) is 3.66. The molecule has 0 unspecified atom stereocenters. The quantitative estimate of drug-likeness (QED) is 0.184. The van der Waals surface area contributed by atoms with Gasteiger partial charge in [-0.1, -0.05) is 24.3 Å². The summed E-state index contributed by atoms with van der Waals surface area (Å²) in [6.45, 7) is 9.00. The number of nitrogens with one attached hydrogen (secondary N) is 3. The summed E-state index contributed by atoms with van der Waals surface area (Å²) < 4.78 is 26.1. The van der Waals surface area contributed by atoms with E-state index in [0.29, 0.717) is 19.1 Å². The largest absolute Gasteiger partial charge is 0.355 e. The van der Waals surface area contributed by atoms with Gasteiger partial charge in [0.2, 0.25) is 5.95 Å². The Morgan fingerprint density at radius 1 is 1.08 bits per heavy atom. The second-order valence-corrected chi connectivity index (χ2v) is 10.2. The highest BCUT2D eigenvalue weighted by Gasteiger charge is 2.21. The summed E-state index contributed by atoms with van der Waals surface area (Å²) in [5, 5.41) is 10.5. The minimum absolute atomic E-state index is 0.222. The molecule has 2 aromatic carbocycles. The van der Waals surface area contributed by atoms with Gasteiger partial charge in [0, 0.05) is 52.5 Å². The zero-order valence-corrected chi connectivity index (χ0v) is 23.5. The number of rotatable bonds is 12. The highest BCUT2D eigenvalue weighted by molar-refractivity contribution is 5.80. The van der Waals surface area contributed by atoms with Crippen molar-refractivity contribution in [2.45, 2.75) is 51.6 Å². The Bertz CT molecular complexity index is 1190. The Kier molecular flexibility index (Phi) is 10.5. The molecule has 0 bridgehead atoms. The number of hydrogen-bond donors (Lipinski definition) is 3. The number of aliphatic imine (C=N–C) groups is 1. The molecule has 0 amide bonds. The van der Waals surface area contributed by atoms with Crippen LogP contribution in [-0.4, -0.2) is 85.7 Å². The van der Waals surface area contributed by atoms with Crippen LogP contribution in [0.5, 0.6) is 0 Å². The molecule has 2 heterocycles. The summed E-state index contributed by atoms with van der Waals surface area (Å²) in [7, 11) is 3.23. The number of imidazole rings is 1. The number of guanidine groups is 1. The number of anilines is 1. The van der Waals surface area contributed by atoms with E-state index in [0.717, 1.165) is 67.5 Å². The fourth-order valence-electron chi connectivity index (χ4n) is 4.77. The molecule has 212 valence electrons. The lowest BCUT2D eigenvalue weighted by Crippen LogP contribution is -2.46. The molecule has 39 heavy (non-hydrogen) atoms. The van der Waals surface area contributed by atoms with Crippen molar-refractivity contribution < 1.29 is 13.9 Å². The third-order valence-corrected chi connectivity index (χ3v) is 6.90. The SMILES string of the molecule is COC(CN=C(NCCN1CCC(Nc2nc3ccccc3n2Cc2ccc(F)cc2)CC1)NC(C)C)OC. The van der Waals surface area contributed by atoms with Gasteiger partial charge >= 0.3 is 0 Å². The van der Waals surface area contributed by atoms with E-state index in [4.69, 9.17) is 14.5 Å². The van der Waals surface area contributed by atoms with Crippen molar-refractivity contribution in [2.75, 3.05) is 52.3 Å².